The lowest BCUT2D eigenvalue weighted by atomic mass is 10.1. The molecule has 4 N–H and O–H groups in total. The van der Waals surface area contributed by atoms with Crippen molar-refractivity contribution >= 4 is 22.4 Å². The fraction of sp³-hybridized carbons (Fsp3) is 0.333. The monoisotopic (exact) mass is 232 g/mol. The zero-order valence-electron chi connectivity index (χ0n) is 9.94. The molecule has 1 aromatic heterocycles. The minimum Gasteiger partial charge on any atom is -0.399 e. The third kappa shape index (κ3) is 2.82. The van der Waals surface area contributed by atoms with E-state index in [0.717, 1.165) is 10.9 Å². The molecular formula is C12H16N4O. The van der Waals surface area contributed by atoms with Crippen LogP contribution >= 0.6 is 0 Å². The summed E-state index contributed by atoms with van der Waals surface area (Å²) in [4.78, 5) is 8.32. The predicted octanol–water partition coefficient (Wildman–Crippen LogP) is 1.39. The standard InChI is InChI=1S/C12H16N4O/c1-12(2,17)6-14-11-9-4-3-8(13)5-10(9)15-7-16-11/h3-5,7,17H,6,13H2,1-2H3,(H,14,15,16). The Bertz CT molecular complexity index is 534. The summed E-state index contributed by atoms with van der Waals surface area (Å²) in [5, 5.41) is 13.7. The highest BCUT2D eigenvalue weighted by Crippen LogP contribution is 2.21. The molecule has 2 rings (SSSR count). The highest BCUT2D eigenvalue weighted by atomic mass is 16.3. The third-order valence-electron chi connectivity index (χ3n) is 2.35. The highest BCUT2D eigenvalue weighted by Gasteiger charge is 2.13. The minimum absolute atomic E-state index is 0.420. The first-order valence-corrected chi connectivity index (χ1v) is 5.42. The zero-order chi connectivity index (χ0) is 12.5. The van der Waals surface area contributed by atoms with Crippen LogP contribution in [-0.2, 0) is 0 Å². The molecule has 0 amide bonds. The van der Waals surface area contributed by atoms with E-state index in [0.29, 0.717) is 18.1 Å². The van der Waals surface area contributed by atoms with Crippen molar-refractivity contribution in [3.05, 3.63) is 24.5 Å². The largest absolute Gasteiger partial charge is 0.399 e. The van der Waals surface area contributed by atoms with Crippen molar-refractivity contribution in [2.75, 3.05) is 17.6 Å². The molecule has 0 bridgehead atoms. The van der Waals surface area contributed by atoms with Gasteiger partial charge in [-0.05, 0) is 32.0 Å². The van der Waals surface area contributed by atoms with Crippen molar-refractivity contribution in [2.24, 2.45) is 0 Å². The summed E-state index contributed by atoms with van der Waals surface area (Å²) in [5.74, 6) is 0.706. The molecule has 0 atom stereocenters. The van der Waals surface area contributed by atoms with Crippen LogP contribution in [0.3, 0.4) is 0 Å². The van der Waals surface area contributed by atoms with Crippen LogP contribution in [0.25, 0.3) is 10.9 Å². The summed E-state index contributed by atoms with van der Waals surface area (Å²) < 4.78 is 0. The van der Waals surface area contributed by atoms with Gasteiger partial charge in [0.1, 0.15) is 12.1 Å². The number of nitrogens with two attached hydrogens (primary N) is 1. The number of nitrogens with zero attached hydrogens (tertiary/aromatic N) is 2. The predicted molar refractivity (Wildman–Crippen MR) is 68.7 cm³/mol. The van der Waals surface area contributed by atoms with E-state index >= 15 is 0 Å². The Morgan fingerprint density at radius 3 is 2.82 bits per heavy atom. The lowest BCUT2D eigenvalue weighted by Crippen LogP contribution is -2.29. The maximum absolute atomic E-state index is 9.67. The van der Waals surface area contributed by atoms with Gasteiger partial charge in [0.2, 0.25) is 0 Å². The first-order chi connectivity index (χ1) is 7.96. The average molecular weight is 232 g/mol. The van der Waals surface area contributed by atoms with Crippen LogP contribution in [0, 0.1) is 0 Å². The molecule has 2 aromatic rings. The Kier molecular flexibility index (Phi) is 2.85. The van der Waals surface area contributed by atoms with Crippen molar-refractivity contribution in [2.45, 2.75) is 19.4 Å². The number of anilines is 2. The first-order valence-electron chi connectivity index (χ1n) is 5.42. The van der Waals surface area contributed by atoms with Crippen molar-refractivity contribution < 1.29 is 5.11 Å². The summed E-state index contributed by atoms with van der Waals surface area (Å²) in [7, 11) is 0. The lowest BCUT2D eigenvalue weighted by Gasteiger charge is -2.18. The quantitative estimate of drug-likeness (QED) is 0.696. The second kappa shape index (κ2) is 4.18. The molecule has 5 nitrogen and oxygen atoms in total. The second-order valence-corrected chi connectivity index (χ2v) is 4.66. The summed E-state index contributed by atoms with van der Waals surface area (Å²) in [6.07, 6.45) is 1.48. The van der Waals surface area contributed by atoms with E-state index in [1.54, 1.807) is 26.0 Å². The van der Waals surface area contributed by atoms with Crippen LogP contribution in [0.4, 0.5) is 11.5 Å². The maximum Gasteiger partial charge on any atom is 0.137 e. The van der Waals surface area contributed by atoms with Gasteiger partial charge >= 0.3 is 0 Å². The third-order valence-corrected chi connectivity index (χ3v) is 2.35. The molecule has 0 spiro atoms. The van der Waals surface area contributed by atoms with Crippen LogP contribution in [0.15, 0.2) is 24.5 Å². The Morgan fingerprint density at radius 2 is 2.12 bits per heavy atom. The molecule has 90 valence electrons. The van der Waals surface area contributed by atoms with E-state index in [4.69, 9.17) is 5.73 Å². The van der Waals surface area contributed by atoms with Gasteiger partial charge in [-0.25, -0.2) is 9.97 Å². The number of hydrogen-bond donors (Lipinski definition) is 3. The number of benzene rings is 1. The Balaban J connectivity index is 2.34. The van der Waals surface area contributed by atoms with Crippen LogP contribution < -0.4 is 11.1 Å². The van der Waals surface area contributed by atoms with E-state index in [1.165, 1.54) is 6.33 Å². The number of aromatic nitrogens is 2. The number of hydrogen-bond acceptors (Lipinski definition) is 5. The van der Waals surface area contributed by atoms with Crippen LogP contribution in [0.2, 0.25) is 0 Å². The minimum atomic E-state index is -0.787. The molecule has 0 saturated carbocycles. The van der Waals surface area contributed by atoms with Gasteiger partial charge in [0.25, 0.3) is 0 Å². The van der Waals surface area contributed by atoms with Gasteiger partial charge in [-0.1, -0.05) is 0 Å². The number of aliphatic hydroxyl groups is 1. The second-order valence-electron chi connectivity index (χ2n) is 4.66. The molecule has 5 heteroatoms. The molecular weight excluding hydrogens is 216 g/mol. The summed E-state index contributed by atoms with van der Waals surface area (Å²) in [6.45, 7) is 3.90. The molecule has 0 fully saturated rings. The summed E-state index contributed by atoms with van der Waals surface area (Å²) in [6, 6.07) is 5.48. The molecule has 1 heterocycles. The number of rotatable bonds is 3. The number of fused-ring (bicyclic) bond motifs is 1. The van der Waals surface area contributed by atoms with Gasteiger partial charge in [-0.15, -0.1) is 0 Å². The van der Waals surface area contributed by atoms with Gasteiger partial charge in [0, 0.05) is 17.6 Å². The Hall–Kier alpha value is -1.88. The van der Waals surface area contributed by atoms with Crippen molar-refractivity contribution in [1.82, 2.24) is 9.97 Å². The van der Waals surface area contributed by atoms with Crippen LogP contribution in [0.1, 0.15) is 13.8 Å². The molecule has 0 saturated heterocycles. The Morgan fingerprint density at radius 1 is 1.35 bits per heavy atom. The van der Waals surface area contributed by atoms with E-state index in [9.17, 15) is 5.11 Å². The fourth-order valence-electron chi connectivity index (χ4n) is 1.51. The molecule has 0 radical (unpaired) electrons. The smallest absolute Gasteiger partial charge is 0.137 e. The van der Waals surface area contributed by atoms with Crippen LogP contribution in [0.5, 0.6) is 0 Å². The van der Waals surface area contributed by atoms with Crippen LogP contribution in [-0.4, -0.2) is 27.2 Å². The lowest BCUT2D eigenvalue weighted by molar-refractivity contribution is 0.0944. The molecule has 0 aliphatic heterocycles. The van der Waals surface area contributed by atoms with Gasteiger partial charge in [-0.2, -0.15) is 0 Å². The van der Waals surface area contributed by atoms with E-state index < -0.39 is 5.60 Å². The number of nitrogen functional groups attached to an aromatic ring is 1. The van der Waals surface area contributed by atoms with E-state index in [2.05, 4.69) is 15.3 Å². The Labute approximate surface area is 99.7 Å². The normalized spacial score (nSPS) is 11.7. The molecule has 17 heavy (non-hydrogen) atoms. The van der Waals surface area contributed by atoms with Crippen molar-refractivity contribution in [3.63, 3.8) is 0 Å². The van der Waals surface area contributed by atoms with Crippen molar-refractivity contribution in [1.29, 1.82) is 0 Å². The molecule has 0 unspecified atom stereocenters. The molecule has 0 aliphatic rings. The average Bonchev–Trinajstić information content (AvgIpc) is 2.24. The summed E-state index contributed by atoms with van der Waals surface area (Å²) in [5.41, 5.74) is 6.37. The van der Waals surface area contributed by atoms with Gasteiger partial charge in [0.15, 0.2) is 0 Å². The molecule has 0 aliphatic carbocycles. The first kappa shape index (κ1) is 11.6. The van der Waals surface area contributed by atoms with E-state index in [1.807, 2.05) is 6.07 Å². The zero-order valence-corrected chi connectivity index (χ0v) is 9.94. The fourth-order valence-corrected chi connectivity index (χ4v) is 1.51. The van der Waals surface area contributed by atoms with Gasteiger partial charge < -0.3 is 16.2 Å². The topological polar surface area (TPSA) is 84.1 Å². The number of nitrogens with one attached hydrogen (secondary N) is 1. The SMILES string of the molecule is CC(C)(O)CNc1ncnc2cc(N)ccc12. The van der Waals surface area contributed by atoms with Crippen molar-refractivity contribution in [3.8, 4) is 0 Å². The maximum atomic E-state index is 9.67. The van der Waals surface area contributed by atoms with E-state index in [-0.39, 0.29) is 0 Å². The highest BCUT2D eigenvalue weighted by molar-refractivity contribution is 5.90. The van der Waals surface area contributed by atoms with Gasteiger partial charge in [-0.3, -0.25) is 0 Å². The summed E-state index contributed by atoms with van der Waals surface area (Å²) >= 11 is 0. The van der Waals surface area contributed by atoms with Gasteiger partial charge in [0.05, 0.1) is 11.1 Å². The molecule has 1 aromatic carbocycles.